The normalized spacial score (nSPS) is 15.6. The summed E-state index contributed by atoms with van der Waals surface area (Å²) < 4.78 is 6.13. The van der Waals surface area contributed by atoms with E-state index in [4.69, 9.17) is 4.74 Å². The van der Waals surface area contributed by atoms with Crippen molar-refractivity contribution in [1.29, 1.82) is 0 Å². The van der Waals surface area contributed by atoms with Crippen LogP contribution in [-0.4, -0.2) is 24.5 Å². The molecule has 0 N–H and O–H groups in total. The van der Waals surface area contributed by atoms with Crippen LogP contribution in [0.15, 0.2) is 72.8 Å². The fraction of sp³-hybridized carbons (Fsp3) is 0.379. The molecule has 0 radical (unpaired) electrons. The van der Waals surface area contributed by atoms with Crippen LogP contribution in [0.2, 0.25) is 0 Å². The molecule has 2 nitrogen and oxygen atoms in total. The molecule has 1 aliphatic carbocycles. The maximum absolute atomic E-state index is 6.13. The van der Waals surface area contributed by atoms with Crippen molar-refractivity contribution < 1.29 is 4.74 Å². The van der Waals surface area contributed by atoms with Gasteiger partial charge in [0.2, 0.25) is 0 Å². The van der Waals surface area contributed by atoms with Gasteiger partial charge in [-0.2, -0.15) is 0 Å². The summed E-state index contributed by atoms with van der Waals surface area (Å²) in [5.41, 5.74) is 6.70. The van der Waals surface area contributed by atoms with Gasteiger partial charge in [0.05, 0.1) is 0 Å². The average Bonchev–Trinajstić information content (AvgIpc) is 2.84. The van der Waals surface area contributed by atoms with Crippen LogP contribution in [0.3, 0.4) is 0 Å². The first-order chi connectivity index (χ1) is 15.2. The van der Waals surface area contributed by atoms with Gasteiger partial charge < -0.3 is 9.64 Å². The second-order valence-electron chi connectivity index (χ2n) is 8.71. The van der Waals surface area contributed by atoms with Crippen LogP contribution in [0.5, 0.6) is 5.75 Å². The van der Waals surface area contributed by atoms with Crippen LogP contribution in [0, 0.1) is 5.92 Å². The van der Waals surface area contributed by atoms with Crippen molar-refractivity contribution in [3.05, 3.63) is 89.5 Å². The average molecular weight is 414 g/mol. The molecule has 0 aromatic heterocycles. The molecule has 31 heavy (non-hydrogen) atoms. The molecular formula is C29H35NO. The summed E-state index contributed by atoms with van der Waals surface area (Å²) in [6, 6.07) is 25.9. The number of nitrogens with zero attached hydrogens (tertiary/aromatic N) is 1. The summed E-state index contributed by atoms with van der Waals surface area (Å²) in [7, 11) is 0. The lowest BCUT2D eigenvalue weighted by atomic mass is 9.82. The number of hydrogen-bond acceptors (Lipinski definition) is 2. The van der Waals surface area contributed by atoms with Gasteiger partial charge >= 0.3 is 0 Å². The molecule has 0 saturated heterocycles. The van der Waals surface area contributed by atoms with E-state index in [1.165, 1.54) is 60.0 Å². The Balaban J connectivity index is 1.31. The summed E-state index contributed by atoms with van der Waals surface area (Å²) in [5.74, 6) is 1.82. The molecule has 0 fully saturated rings. The first-order valence-corrected chi connectivity index (χ1v) is 11.9. The van der Waals surface area contributed by atoms with Gasteiger partial charge in [-0.1, -0.05) is 74.5 Å². The molecule has 1 aliphatic rings. The number of ether oxygens (including phenoxy) is 1. The van der Waals surface area contributed by atoms with Crippen molar-refractivity contribution in [2.45, 2.75) is 46.1 Å². The molecule has 0 heterocycles. The Morgan fingerprint density at radius 1 is 0.839 bits per heavy atom. The molecule has 3 aromatic rings. The quantitative estimate of drug-likeness (QED) is 0.384. The van der Waals surface area contributed by atoms with Gasteiger partial charge in [-0.3, -0.25) is 0 Å². The number of hydrogen-bond donors (Lipinski definition) is 0. The minimum Gasteiger partial charge on any atom is -0.489 e. The maximum Gasteiger partial charge on any atom is 0.120 e. The van der Waals surface area contributed by atoms with Crippen LogP contribution in [0.1, 0.15) is 43.4 Å². The molecule has 0 saturated carbocycles. The van der Waals surface area contributed by atoms with E-state index in [1.807, 2.05) is 0 Å². The van der Waals surface area contributed by atoms with Crippen LogP contribution < -0.4 is 4.74 Å². The zero-order valence-corrected chi connectivity index (χ0v) is 19.0. The fourth-order valence-corrected chi connectivity index (χ4v) is 4.64. The Morgan fingerprint density at radius 2 is 1.58 bits per heavy atom. The van der Waals surface area contributed by atoms with E-state index in [-0.39, 0.29) is 0 Å². The van der Waals surface area contributed by atoms with Gasteiger partial charge in [0.15, 0.2) is 0 Å². The number of rotatable bonds is 9. The minimum atomic E-state index is 0.611. The Morgan fingerprint density at radius 3 is 2.32 bits per heavy atom. The van der Waals surface area contributed by atoms with E-state index in [9.17, 15) is 0 Å². The second kappa shape index (κ2) is 10.6. The lowest BCUT2D eigenvalue weighted by Crippen LogP contribution is -2.27. The van der Waals surface area contributed by atoms with Crippen molar-refractivity contribution in [1.82, 2.24) is 4.90 Å². The summed E-state index contributed by atoms with van der Waals surface area (Å²) >= 11 is 0. The number of benzene rings is 3. The van der Waals surface area contributed by atoms with Crippen LogP contribution in [-0.2, 0) is 19.4 Å². The third-order valence-electron chi connectivity index (χ3n) is 6.72. The zero-order chi connectivity index (χ0) is 21.5. The van der Waals surface area contributed by atoms with Crippen molar-refractivity contribution in [3.63, 3.8) is 0 Å². The van der Waals surface area contributed by atoms with Crippen molar-refractivity contribution in [2.75, 3.05) is 19.6 Å². The molecular weight excluding hydrogens is 378 g/mol. The molecule has 0 aliphatic heterocycles. The number of aryl methyl sites for hydroxylation is 1. The Kier molecular flexibility index (Phi) is 7.43. The Bertz CT molecular complexity index is 944. The molecule has 3 aromatic carbocycles. The topological polar surface area (TPSA) is 12.5 Å². The van der Waals surface area contributed by atoms with E-state index >= 15 is 0 Å². The highest BCUT2D eigenvalue weighted by Crippen LogP contribution is 2.30. The first-order valence-electron chi connectivity index (χ1n) is 11.9. The monoisotopic (exact) mass is 413 g/mol. The highest BCUT2D eigenvalue weighted by atomic mass is 16.5. The third-order valence-corrected chi connectivity index (χ3v) is 6.72. The van der Waals surface area contributed by atoms with Gasteiger partial charge in [0.1, 0.15) is 12.4 Å². The molecule has 0 amide bonds. The molecule has 0 spiro atoms. The SMILES string of the molecule is CCN(CC)CCC1CCc2cc(OCc3ccc(-c4ccccc4)cc3)ccc2C1. The number of fused-ring (bicyclic) bond motifs is 1. The lowest BCUT2D eigenvalue weighted by molar-refractivity contribution is 0.266. The second-order valence-corrected chi connectivity index (χ2v) is 8.71. The van der Waals surface area contributed by atoms with E-state index in [0.717, 1.165) is 24.8 Å². The van der Waals surface area contributed by atoms with E-state index in [0.29, 0.717) is 6.61 Å². The summed E-state index contributed by atoms with van der Waals surface area (Å²) in [6.45, 7) is 8.69. The maximum atomic E-state index is 6.13. The smallest absolute Gasteiger partial charge is 0.120 e. The van der Waals surface area contributed by atoms with Crippen molar-refractivity contribution in [3.8, 4) is 16.9 Å². The van der Waals surface area contributed by atoms with Crippen molar-refractivity contribution >= 4 is 0 Å². The van der Waals surface area contributed by atoms with Crippen LogP contribution >= 0.6 is 0 Å². The Labute approximate surface area is 187 Å². The highest BCUT2D eigenvalue weighted by Gasteiger charge is 2.19. The van der Waals surface area contributed by atoms with Gasteiger partial charge in [0.25, 0.3) is 0 Å². The van der Waals surface area contributed by atoms with E-state index in [2.05, 4.69) is 91.5 Å². The molecule has 162 valence electrons. The van der Waals surface area contributed by atoms with E-state index in [1.54, 1.807) is 0 Å². The highest BCUT2D eigenvalue weighted by molar-refractivity contribution is 5.63. The van der Waals surface area contributed by atoms with E-state index < -0.39 is 0 Å². The fourth-order valence-electron chi connectivity index (χ4n) is 4.64. The lowest BCUT2D eigenvalue weighted by Gasteiger charge is -2.27. The summed E-state index contributed by atoms with van der Waals surface area (Å²) in [4.78, 5) is 2.54. The molecule has 2 heteroatoms. The van der Waals surface area contributed by atoms with Crippen molar-refractivity contribution in [2.24, 2.45) is 5.92 Å². The van der Waals surface area contributed by atoms with Crippen LogP contribution in [0.4, 0.5) is 0 Å². The largest absolute Gasteiger partial charge is 0.489 e. The molecule has 1 unspecified atom stereocenters. The minimum absolute atomic E-state index is 0.611. The molecule has 0 bridgehead atoms. The molecule has 1 atom stereocenters. The molecule has 4 rings (SSSR count). The van der Waals surface area contributed by atoms with Gasteiger partial charge in [0, 0.05) is 0 Å². The summed E-state index contributed by atoms with van der Waals surface area (Å²) in [5, 5.41) is 0. The standard InChI is InChI=1S/C29H35NO/c1-3-30(4-2)19-18-23-10-15-28-21-29(17-16-27(28)20-23)31-22-24-11-13-26(14-12-24)25-8-6-5-7-9-25/h5-9,11-14,16-17,21,23H,3-4,10,15,18-20,22H2,1-2H3. The van der Waals surface area contributed by atoms with Gasteiger partial charge in [-0.25, -0.2) is 0 Å². The Hall–Kier alpha value is -2.58. The summed E-state index contributed by atoms with van der Waals surface area (Å²) in [6.07, 6.45) is 5.02. The third kappa shape index (κ3) is 5.77. The predicted molar refractivity (Wildman–Crippen MR) is 131 cm³/mol. The van der Waals surface area contributed by atoms with Crippen LogP contribution in [0.25, 0.3) is 11.1 Å². The predicted octanol–water partition coefficient (Wildman–Crippen LogP) is 6.77. The first kappa shape index (κ1) is 21.6. The zero-order valence-electron chi connectivity index (χ0n) is 19.0. The van der Waals surface area contributed by atoms with Gasteiger partial charge in [-0.05, 0) is 91.2 Å². The van der Waals surface area contributed by atoms with Gasteiger partial charge in [-0.15, -0.1) is 0 Å².